The molecule has 2 heteroatoms. The van der Waals surface area contributed by atoms with E-state index in [2.05, 4.69) is 39.5 Å². The van der Waals surface area contributed by atoms with Crippen molar-refractivity contribution in [2.45, 2.75) is 91.1 Å². The fourth-order valence-electron chi connectivity index (χ4n) is 3.99. The van der Waals surface area contributed by atoms with E-state index in [9.17, 15) is 0 Å². The van der Waals surface area contributed by atoms with Crippen LogP contribution in [0.4, 0.5) is 0 Å². The lowest BCUT2D eigenvalue weighted by molar-refractivity contribution is -0.0657. The summed E-state index contributed by atoms with van der Waals surface area (Å²) in [5.41, 5.74) is 6.90. The first-order valence-corrected chi connectivity index (χ1v) is 8.42. The molecule has 0 aromatic carbocycles. The number of unbranched alkanes of at least 4 members (excludes halogenated alkanes) is 1. The van der Waals surface area contributed by atoms with Gasteiger partial charge in [0.2, 0.25) is 0 Å². The highest BCUT2D eigenvalue weighted by Crippen LogP contribution is 2.48. The Hall–Kier alpha value is -0.0800. The number of nitrogens with two attached hydrogens (primary N) is 1. The topological polar surface area (TPSA) is 29.3 Å². The average molecular weight is 268 g/mol. The summed E-state index contributed by atoms with van der Waals surface area (Å²) in [5.74, 6) is 0. The minimum atomic E-state index is 0.218. The van der Waals surface area contributed by atoms with E-state index in [1.807, 2.05) is 0 Å². The van der Waals surface area contributed by atoms with Gasteiger partial charge in [0.25, 0.3) is 0 Å². The summed E-state index contributed by atoms with van der Waals surface area (Å²) < 4.78 is 0. The Morgan fingerprint density at radius 1 is 1.16 bits per heavy atom. The molecule has 2 unspecified atom stereocenters. The maximum Gasteiger partial charge on any atom is 0.0385 e. The van der Waals surface area contributed by atoms with Crippen LogP contribution in [0, 0.1) is 5.41 Å². The molecule has 0 radical (unpaired) electrons. The van der Waals surface area contributed by atoms with E-state index in [0.29, 0.717) is 11.5 Å². The Bertz CT molecular complexity index is 262. The third-order valence-electron chi connectivity index (χ3n) is 5.66. The third kappa shape index (κ3) is 3.33. The maximum atomic E-state index is 6.34. The van der Waals surface area contributed by atoms with Crippen molar-refractivity contribution in [2.75, 3.05) is 13.1 Å². The van der Waals surface area contributed by atoms with Crippen LogP contribution < -0.4 is 5.73 Å². The number of hydrogen-bond donors (Lipinski definition) is 1. The minimum Gasteiger partial charge on any atom is -0.329 e. The van der Waals surface area contributed by atoms with Crippen molar-refractivity contribution in [3.8, 4) is 0 Å². The van der Waals surface area contributed by atoms with E-state index < -0.39 is 0 Å². The zero-order valence-electron chi connectivity index (χ0n) is 14.0. The highest BCUT2D eigenvalue weighted by Gasteiger charge is 2.50. The maximum absolute atomic E-state index is 6.34. The predicted molar refractivity (Wildman–Crippen MR) is 85.4 cm³/mol. The normalized spacial score (nSPS) is 28.6. The van der Waals surface area contributed by atoms with Crippen LogP contribution in [-0.2, 0) is 0 Å². The second kappa shape index (κ2) is 7.08. The summed E-state index contributed by atoms with van der Waals surface area (Å²) in [6.45, 7) is 13.9. The summed E-state index contributed by atoms with van der Waals surface area (Å²) in [6, 6.07) is 0.646. The monoisotopic (exact) mass is 268 g/mol. The highest BCUT2D eigenvalue weighted by atomic mass is 15.2. The van der Waals surface area contributed by atoms with E-state index in [-0.39, 0.29) is 5.54 Å². The molecule has 1 rings (SSSR count). The molecule has 19 heavy (non-hydrogen) atoms. The Kier molecular flexibility index (Phi) is 6.32. The second-order valence-electron chi connectivity index (χ2n) is 7.13. The van der Waals surface area contributed by atoms with Crippen molar-refractivity contribution in [1.82, 2.24) is 4.90 Å². The lowest BCUT2D eigenvalue weighted by Crippen LogP contribution is -2.66. The molecule has 1 fully saturated rings. The zero-order valence-corrected chi connectivity index (χ0v) is 14.0. The van der Waals surface area contributed by atoms with Crippen LogP contribution >= 0.6 is 0 Å². The van der Waals surface area contributed by atoms with Crippen molar-refractivity contribution in [3.05, 3.63) is 0 Å². The van der Waals surface area contributed by atoms with Gasteiger partial charge in [0.15, 0.2) is 0 Å². The molecule has 0 aromatic rings. The highest BCUT2D eigenvalue weighted by molar-refractivity contribution is 5.06. The molecule has 2 N–H and O–H groups in total. The van der Waals surface area contributed by atoms with Gasteiger partial charge in [0.1, 0.15) is 0 Å². The van der Waals surface area contributed by atoms with Crippen LogP contribution in [0.3, 0.4) is 0 Å². The molecule has 1 aliphatic carbocycles. The minimum absolute atomic E-state index is 0.218. The van der Waals surface area contributed by atoms with Crippen molar-refractivity contribution in [1.29, 1.82) is 0 Å². The number of nitrogens with zero attached hydrogens (tertiary/aromatic N) is 1. The molecule has 0 aliphatic heterocycles. The van der Waals surface area contributed by atoms with Crippen molar-refractivity contribution >= 4 is 0 Å². The van der Waals surface area contributed by atoms with Crippen molar-refractivity contribution < 1.29 is 0 Å². The Balaban J connectivity index is 3.04. The zero-order chi connectivity index (χ0) is 14.5. The molecule has 1 saturated carbocycles. The van der Waals surface area contributed by atoms with Gasteiger partial charge in [-0.15, -0.1) is 0 Å². The SMILES string of the molecule is CCCCN(C(C)CC)C1(CN)CCCCC1(C)C. The average Bonchev–Trinajstić information content (AvgIpc) is 2.40. The van der Waals surface area contributed by atoms with Crippen LogP contribution in [0.2, 0.25) is 0 Å². The smallest absolute Gasteiger partial charge is 0.0385 e. The van der Waals surface area contributed by atoms with E-state index in [1.54, 1.807) is 0 Å². The molecule has 0 spiro atoms. The van der Waals surface area contributed by atoms with Gasteiger partial charge >= 0.3 is 0 Å². The van der Waals surface area contributed by atoms with Crippen LogP contribution in [0.5, 0.6) is 0 Å². The van der Waals surface area contributed by atoms with Gasteiger partial charge < -0.3 is 5.73 Å². The first-order valence-electron chi connectivity index (χ1n) is 8.42. The van der Waals surface area contributed by atoms with Gasteiger partial charge in [-0.05, 0) is 44.6 Å². The third-order valence-corrected chi connectivity index (χ3v) is 5.66. The molecule has 2 atom stereocenters. The van der Waals surface area contributed by atoms with Gasteiger partial charge in [-0.2, -0.15) is 0 Å². The molecule has 114 valence electrons. The Morgan fingerprint density at radius 2 is 1.79 bits per heavy atom. The molecule has 0 bridgehead atoms. The van der Waals surface area contributed by atoms with Crippen LogP contribution in [0.25, 0.3) is 0 Å². The molecule has 0 saturated heterocycles. The fourth-order valence-corrected chi connectivity index (χ4v) is 3.99. The quantitative estimate of drug-likeness (QED) is 0.750. The van der Waals surface area contributed by atoms with Crippen LogP contribution in [-0.4, -0.2) is 29.6 Å². The van der Waals surface area contributed by atoms with Gasteiger partial charge in [-0.25, -0.2) is 0 Å². The molecule has 2 nitrogen and oxygen atoms in total. The molecular weight excluding hydrogens is 232 g/mol. The van der Waals surface area contributed by atoms with Crippen molar-refractivity contribution in [2.24, 2.45) is 11.1 Å². The van der Waals surface area contributed by atoms with Gasteiger partial charge in [-0.3, -0.25) is 4.90 Å². The lowest BCUT2D eigenvalue weighted by atomic mass is 9.61. The largest absolute Gasteiger partial charge is 0.329 e. The van der Waals surface area contributed by atoms with E-state index in [4.69, 9.17) is 5.73 Å². The number of hydrogen-bond acceptors (Lipinski definition) is 2. The summed E-state index contributed by atoms with van der Waals surface area (Å²) in [6.07, 6.45) is 9.11. The van der Waals surface area contributed by atoms with E-state index >= 15 is 0 Å². The molecule has 1 aliphatic rings. The van der Waals surface area contributed by atoms with Gasteiger partial charge in [0.05, 0.1) is 0 Å². The summed E-state index contributed by atoms with van der Waals surface area (Å²) in [7, 11) is 0. The second-order valence-corrected chi connectivity index (χ2v) is 7.13. The standard InChI is InChI=1S/C17H36N2/c1-6-8-13-19(15(3)7-2)17(14-18)12-10-9-11-16(17,4)5/h15H,6-14,18H2,1-5H3. The summed E-state index contributed by atoms with van der Waals surface area (Å²) in [4.78, 5) is 2.77. The van der Waals surface area contributed by atoms with Crippen molar-refractivity contribution in [3.63, 3.8) is 0 Å². The summed E-state index contributed by atoms with van der Waals surface area (Å²) >= 11 is 0. The van der Waals surface area contributed by atoms with Gasteiger partial charge in [0, 0.05) is 18.1 Å². The number of rotatable bonds is 7. The molecule has 0 amide bonds. The summed E-state index contributed by atoms with van der Waals surface area (Å²) in [5, 5.41) is 0. The Labute approximate surface area is 121 Å². The van der Waals surface area contributed by atoms with Gasteiger partial charge in [-0.1, -0.05) is 47.0 Å². The molecule has 0 aromatic heterocycles. The first-order chi connectivity index (χ1) is 8.95. The van der Waals surface area contributed by atoms with E-state index in [0.717, 1.165) is 6.54 Å². The van der Waals surface area contributed by atoms with E-state index in [1.165, 1.54) is 51.5 Å². The molecule has 0 heterocycles. The lowest BCUT2D eigenvalue weighted by Gasteiger charge is -2.58. The predicted octanol–water partition coefficient (Wildman–Crippen LogP) is 4.18. The molecular formula is C17H36N2. The Morgan fingerprint density at radius 3 is 2.26 bits per heavy atom. The van der Waals surface area contributed by atoms with Crippen LogP contribution in [0.1, 0.15) is 79.6 Å². The fraction of sp³-hybridized carbons (Fsp3) is 1.00. The van der Waals surface area contributed by atoms with Crippen LogP contribution in [0.15, 0.2) is 0 Å². The first kappa shape index (κ1) is 17.0.